The zero-order chi connectivity index (χ0) is 25.5. The maximum absolute atomic E-state index is 5.60. The minimum atomic E-state index is 0.285. The second kappa shape index (κ2) is 15.1. The summed E-state index contributed by atoms with van der Waals surface area (Å²) < 4.78 is 10.9. The summed E-state index contributed by atoms with van der Waals surface area (Å²) in [6, 6.07) is 21.7. The SMILES string of the molecule is NCCOCCOCCNc1nc(NCCC(c2ccccc2)c2ccccc2)nc(NC2CCC2)n1. The molecule has 1 fully saturated rings. The van der Waals surface area contributed by atoms with Gasteiger partial charge in [0.15, 0.2) is 0 Å². The average Bonchev–Trinajstić information content (AvgIpc) is 2.91. The summed E-state index contributed by atoms with van der Waals surface area (Å²) in [5.41, 5.74) is 8.02. The van der Waals surface area contributed by atoms with E-state index in [1.54, 1.807) is 0 Å². The lowest BCUT2D eigenvalue weighted by atomic mass is 9.88. The van der Waals surface area contributed by atoms with E-state index in [4.69, 9.17) is 15.2 Å². The maximum Gasteiger partial charge on any atom is 0.229 e. The van der Waals surface area contributed by atoms with Gasteiger partial charge in [-0.25, -0.2) is 0 Å². The predicted molar refractivity (Wildman–Crippen MR) is 148 cm³/mol. The second-order valence-electron chi connectivity index (χ2n) is 9.11. The van der Waals surface area contributed by atoms with Crippen molar-refractivity contribution in [3.63, 3.8) is 0 Å². The highest BCUT2D eigenvalue weighted by molar-refractivity contribution is 5.43. The third kappa shape index (κ3) is 8.96. The number of ether oxygens (including phenoxy) is 2. The Labute approximate surface area is 219 Å². The van der Waals surface area contributed by atoms with Crippen LogP contribution in [0.5, 0.6) is 0 Å². The first-order chi connectivity index (χ1) is 18.3. The van der Waals surface area contributed by atoms with Gasteiger partial charge in [0.25, 0.3) is 0 Å². The molecule has 9 nitrogen and oxygen atoms in total. The van der Waals surface area contributed by atoms with Crippen LogP contribution in [-0.4, -0.2) is 67.1 Å². The molecule has 0 spiro atoms. The number of hydrogen-bond donors (Lipinski definition) is 4. The highest BCUT2D eigenvalue weighted by atomic mass is 16.5. The van der Waals surface area contributed by atoms with E-state index < -0.39 is 0 Å². The van der Waals surface area contributed by atoms with Crippen molar-refractivity contribution in [1.82, 2.24) is 15.0 Å². The molecule has 0 atom stereocenters. The fourth-order valence-electron chi connectivity index (χ4n) is 4.20. The van der Waals surface area contributed by atoms with Crippen LogP contribution in [0.4, 0.5) is 17.8 Å². The van der Waals surface area contributed by atoms with Crippen molar-refractivity contribution in [3.05, 3.63) is 71.8 Å². The van der Waals surface area contributed by atoms with Gasteiger partial charge in [-0.3, -0.25) is 0 Å². The first-order valence-electron chi connectivity index (χ1n) is 13.3. The topological polar surface area (TPSA) is 119 Å². The minimum Gasteiger partial charge on any atom is -0.378 e. The molecular weight excluding hydrogens is 466 g/mol. The van der Waals surface area contributed by atoms with Crippen LogP contribution in [0.2, 0.25) is 0 Å². The number of rotatable bonds is 17. The fourth-order valence-corrected chi connectivity index (χ4v) is 4.20. The monoisotopic (exact) mass is 505 g/mol. The summed E-state index contributed by atoms with van der Waals surface area (Å²) in [5.74, 6) is 1.98. The van der Waals surface area contributed by atoms with Crippen molar-refractivity contribution in [1.29, 1.82) is 0 Å². The molecule has 1 saturated carbocycles. The zero-order valence-corrected chi connectivity index (χ0v) is 21.4. The highest BCUT2D eigenvalue weighted by Gasteiger charge is 2.19. The largest absolute Gasteiger partial charge is 0.378 e. The first kappa shape index (κ1) is 26.8. The van der Waals surface area contributed by atoms with Crippen molar-refractivity contribution in [2.24, 2.45) is 5.73 Å². The fraction of sp³-hybridized carbons (Fsp3) is 0.464. The second-order valence-corrected chi connectivity index (χ2v) is 9.11. The lowest BCUT2D eigenvalue weighted by Gasteiger charge is -2.26. The Balaban J connectivity index is 1.34. The Bertz CT molecular complexity index is 996. The number of hydrogen-bond acceptors (Lipinski definition) is 9. The van der Waals surface area contributed by atoms with Gasteiger partial charge in [-0.05, 0) is 36.8 Å². The Morgan fingerprint density at radius 3 is 1.86 bits per heavy atom. The number of nitrogens with two attached hydrogens (primary N) is 1. The van der Waals surface area contributed by atoms with E-state index in [1.807, 2.05) is 0 Å². The van der Waals surface area contributed by atoms with Crippen LogP contribution in [0.15, 0.2) is 60.7 Å². The van der Waals surface area contributed by atoms with E-state index in [0.717, 1.165) is 25.8 Å². The number of benzene rings is 2. The normalized spacial score (nSPS) is 13.4. The van der Waals surface area contributed by atoms with E-state index in [-0.39, 0.29) is 5.92 Å². The molecule has 198 valence electrons. The van der Waals surface area contributed by atoms with Crippen LogP contribution in [0.1, 0.15) is 42.7 Å². The number of nitrogens with one attached hydrogen (secondary N) is 3. The van der Waals surface area contributed by atoms with Gasteiger partial charge in [0.1, 0.15) is 0 Å². The van der Waals surface area contributed by atoms with Gasteiger partial charge in [0, 0.05) is 31.6 Å². The predicted octanol–water partition coefficient (Wildman–Crippen LogP) is 3.87. The van der Waals surface area contributed by atoms with Crippen molar-refractivity contribution >= 4 is 17.8 Å². The summed E-state index contributed by atoms with van der Waals surface area (Å²) in [6.45, 7) is 4.00. The number of anilines is 3. The quantitative estimate of drug-likeness (QED) is 0.203. The molecule has 0 saturated heterocycles. The molecule has 2 aromatic carbocycles. The standard InChI is InChI=1S/C28H39N7O2/c29-15-18-36-20-21-37-19-17-31-27-33-26(34-28(35-27)32-24-12-7-13-24)30-16-14-25(22-8-3-1-4-9-22)23-10-5-2-6-11-23/h1-6,8-11,24-25H,7,12-21,29H2,(H3,30,31,32,33,34,35). The van der Waals surface area contributed by atoms with Crippen molar-refractivity contribution < 1.29 is 9.47 Å². The molecule has 1 aliphatic rings. The molecule has 0 unspecified atom stereocenters. The van der Waals surface area contributed by atoms with E-state index >= 15 is 0 Å². The average molecular weight is 506 g/mol. The molecule has 1 aromatic heterocycles. The molecule has 5 N–H and O–H groups in total. The molecular formula is C28H39N7O2. The molecule has 0 amide bonds. The van der Waals surface area contributed by atoms with Gasteiger partial charge < -0.3 is 31.2 Å². The van der Waals surface area contributed by atoms with Crippen LogP contribution in [-0.2, 0) is 9.47 Å². The van der Waals surface area contributed by atoms with E-state index in [0.29, 0.717) is 63.4 Å². The van der Waals surface area contributed by atoms with E-state index in [9.17, 15) is 0 Å². The van der Waals surface area contributed by atoms with Crippen LogP contribution in [0.3, 0.4) is 0 Å². The van der Waals surface area contributed by atoms with E-state index in [1.165, 1.54) is 17.5 Å². The number of nitrogens with zero attached hydrogens (tertiary/aromatic N) is 3. The summed E-state index contributed by atoms with van der Waals surface area (Å²) >= 11 is 0. The van der Waals surface area contributed by atoms with Crippen LogP contribution < -0.4 is 21.7 Å². The molecule has 0 bridgehead atoms. The Morgan fingerprint density at radius 2 is 1.30 bits per heavy atom. The van der Waals surface area contributed by atoms with Crippen molar-refractivity contribution in [2.75, 3.05) is 62.0 Å². The summed E-state index contributed by atoms with van der Waals surface area (Å²) in [4.78, 5) is 13.8. The third-order valence-electron chi connectivity index (χ3n) is 6.36. The molecule has 1 aliphatic carbocycles. The molecule has 3 aromatic rings. The summed E-state index contributed by atoms with van der Waals surface area (Å²) in [7, 11) is 0. The Morgan fingerprint density at radius 1 is 0.730 bits per heavy atom. The zero-order valence-electron chi connectivity index (χ0n) is 21.4. The van der Waals surface area contributed by atoms with E-state index in [2.05, 4.69) is 91.6 Å². The minimum absolute atomic E-state index is 0.285. The van der Waals surface area contributed by atoms with Gasteiger partial charge in [0.2, 0.25) is 17.8 Å². The van der Waals surface area contributed by atoms with Gasteiger partial charge in [0.05, 0.1) is 26.4 Å². The van der Waals surface area contributed by atoms with Gasteiger partial charge in [-0.15, -0.1) is 0 Å². The smallest absolute Gasteiger partial charge is 0.229 e. The summed E-state index contributed by atoms with van der Waals surface area (Å²) in [6.07, 6.45) is 4.44. The molecule has 4 rings (SSSR count). The Hall–Kier alpha value is -3.27. The van der Waals surface area contributed by atoms with Crippen LogP contribution >= 0.6 is 0 Å². The lowest BCUT2D eigenvalue weighted by molar-refractivity contribution is 0.0547. The third-order valence-corrected chi connectivity index (χ3v) is 6.36. The van der Waals surface area contributed by atoms with Crippen LogP contribution in [0.25, 0.3) is 0 Å². The first-order valence-corrected chi connectivity index (χ1v) is 13.3. The van der Waals surface area contributed by atoms with Gasteiger partial charge >= 0.3 is 0 Å². The van der Waals surface area contributed by atoms with Gasteiger partial charge in [-0.1, -0.05) is 60.7 Å². The number of aromatic nitrogens is 3. The molecule has 0 aliphatic heterocycles. The molecule has 1 heterocycles. The highest BCUT2D eigenvalue weighted by Crippen LogP contribution is 2.28. The van der Waals surface area contributed by atoms with Crippen LogP contribution in [0, 0.1) is 0 Å². The lowest BCUT2D eigenvalue weighted by Crippen LogP contribution is -2.28. The maximum atomic E-state index is 5.60. The molecule has 37 heavy (non-hydrogen) atoms. The van der Waals surface area contributed by atoms with Crippen molar-refractivity contribution in [3.8, 4) is 0 Å². The van der Waals surface area contributed by atoms with Gasteiger partial charge in [-0.2, -0.15) is 15.0 Å². The van der Waals surface area contributed by atoms with Crippen molar-refractivity contribution in [2.45, 2.75) is 37.6 Å². The Kier molecular flexibility index (Phi) is 10.9. The molecule has 9 heteroatoms. The molecule has 0 radical (unpaired) electrons. The summed E-state index contributed by atoms with van der Waals surface area (Å²) in [5, 5.41) is 10.1.